The number of hydrogen-bond acceptors (Lipinski definition) is 6. The first-order valence-corrected chi connectivity index (χ1v) is 11.5. The number of hydrazine groups is 1. The highest BCUT2D eigenvalue weighted by atomic mass is 32.1. The summed E-state index contributed by atoms with van der Waals surface area (Å²) < 4.78 is 10.2. The standard InChI is InChI=1S/C27H24N4O4S/c1-18-10-6-8-14-21(18)29-27(36)30-31-25(19-11-4-3-5-12-19)28-22(26(31)33)16-20-13-7-9-15-23(20)35-17-24(32)34-2/h3-16H,17H2,1-2H3,(H2,29,30,36)/b22-16-. The Hall–Kier alpha value is -4.50. The zero-order chi connectivity index (χ0) is 25.5. The van der Waals surface area contributed by atoms with Gasteiger partial charge in [-0.3, -0.25) is 10.2 Å². The molecule has 1 aliphatic heterocycles. The van der Waals surface area contributed by atoms with E-state index < -0.39 is 11.9 Å². The van der Waals surface area contributed by atoms with Crippen molar-refractivity contribution < 1.29 is 19.1 Å². The minimum atomic E-state index is -0.510. The van der Waals surface area contributed by atoms with Gasteiger partial charge in [-0.25, -0.2) is 9.79 Å². The lowest BCUT2D eigenvalue weighted by Crippen LogP contribution is -2.49. The molecule has 9 heteroatoms. The summed E-state index contributed by atoms with van der Waals surface area (Å²) in [7, 11) is 1.29. The zero-order valence-electron chi connectivity index (χ0n) is 19.7. The third-order valence-electron chi connectivity index (χ3n) is 5.28. The van der Waals surface area contributed by atoms with Crippen molar-refractivity contribution in [3.05, 3.63) is 101 Å². The quantitative estimate of drug-likeness (QED) is 0.287. The average molecular weight is 501 g/mol. The summed E-state index contributed by atoms with van der Waals surface area (Å²) in [6.45, 7) is 1.71. The molecule has 0 saturated carbocycles. The third-order valence-corrected chi connectivity index (χ3v) is 5.48. The Kier molecular flexibility index (Phi) is 7.72. The molecule has 0 aliphatic carbocycles. The summed E-state index contributed by atoms with van der Waals surface area (Å²) >= 11 is 5.49. The molecular formula is C27H24N4O4S. The van der Waals surface area contributed by atoms with Crippen LogP contribution in [0.3, 0.4) is 0 Å². The Morgan fingerprint density at radius 2 is 1.72 bits per heavy atom. The number of thiocarbonyl (C=S) groups is 1. The molecule has 0 unspecified atom stereocenters. The van der Waals surface area contributed by atoms with Gasteiger partial charge in [0.25, 0.3) is 5.91 Å². The van der Waals surface area contributed by atoms with Gasteiger partial charge in [0.2, 0.25) is 0 Å². The average Bonchev–Trinajstić information content (AvgIpc) is 3.19. The number of anilines is 1. The lowest BCUT2D eigenvalue weighted by Gasteiger charge is -2.21. The normalized spacial score (nSPS) is 13.8. The van der Waals surface area contributed by atoms with Crippen LogP contribution in [0.5, 0.6) is 5.75 Å². The molecule has 0 atom stereocenters. The van der Waals surface area contributed by atoms with E-state index in [1.54, 1.807) is 30.3 Å². The fraction of sp³-hybridized carbons (Fsp3) is 0.111. The molecule has 36 heavy (non-hydrogen) atoms. The van der Waals surface area contributed by atoms with Gasteiger partial charge in [0.1, 0.15) is 11.4 Å². The highest BCUT2D eigenvalue weighted by molar-refractivity contribution is 7.80. The fourth-order valence-electron chi connectivity index (χ4n) is 3.44. The van der Waals surface area contributed by atoms with E-state index >= 15 is 0 Å². The molecule has 0 spiro atoms. The number of methoxy groups -OCH3 is 1. The number of amidine groups is 1. The van der Waals surface area contributed by atoms with Crippen LogP contribution in [-0.4, -0.2) is 41.6 Å². The first kappa shape index (κ1) is 24.6. The molecule has 1 heterocycles. The van der Waals surface area contributed by atoms with Crippen LogP contribution in [0.25, 0.3) is 6.08 Å². The van der Waals surface area contributed by atoms with Gasteiger partial charge >= 0.3 is 5.97 Å². The second-order valence-electron chi connectivity index (χ2n) is 7.76. The minimum absolute atomic E-state index is 0.175. The number of aliphatic imine (C=N–C) groups is 1. The number of esters is 1. The number of nitrogens with one attached hydrogen (secondary N) is 2. The number of aryl methyl sites for hydroxylation is 1. The van der Waals surface area contributed by atoms with Gasteiger partial charge in [0.05, 0.1) is 7.11 Å². The van der Waals surface area contributed by atoms with Gasteiger partial charge in [0.15, 0.2) is 17.6 Å². The molecule has 0 radical (unpaired) electrons. The SMILES string of the molecule is COC(=O)COc1ccccc1/C=C1\N=C(c2ccccc2)N(NC(=S)Nc2ccccc2C)C1=O. The molecule has 0 fully saturated rings. The Morgan fingerprint density at radius 3 is 2.47 bits per heavy atom. The van der Waals surface area contributed by atoms with Gasteiger partial charge in [0, 0.05) is 16.8 Å². The molecule has 3 aromatic rings. The van der Waals surface area contributed by atoms with E-state index in [0.29, 0.717) is 17.1 Å². The van der Waals surface area contributed by atoms with Crippen molar-refractivity contribution in [1.82, 2.24) is 10.4 Å². The molecule has 3 aromatic carbocycles. The highest BCUT2D eigenvalue weighted by Crippen LogP contribution is 2.26. The molecule has 0 bridgehead atoms. The van der Waals surface area contributed by atoms with Crippen LogP contribution >= 0.6 is 12.2 Å². The van der Waals surface area contributed by atoms with Gasteiger partial charge < -0.3 is 14.8 Å². The van der Waals surface area contributed by atoms with E-state index in [1.807, 2.05) is 61.5 Å². The first-order valence-electron chi connectivity index (χ1n) is 11.1. The number of benzene rings is 3. The maximum atomic E-state index is 13.5. The number of hydrogen-bond donors (Lipinski definition) is 2. The van der Waals surface area contributed by atoms with Crippen LogP contribution in [0.1, 0.15) is 16.7 Å². The maximum Gasteiger partial charge on any atom is 0.343 e. The van der Waals surface area contributed by atoms with E-state index in [2.05, 4.69) is 20.5 Å². The summed E-state index contributed by atoms with van der Waals surface area (Å²) in [5.74, 6) is -0.0917. The number of carbonyl (C=O) groups is 2. The monoisotopic (exact) mass is 500 g/mol. The van der Waals surface area contributed by atoms with Gasteiger partial charge in [-0.05, 0) is 42.9 Å². The summed E-state index contributed by atoms with van der Waals surface area (Å²) in [6.07, 6.45) is 1.61. The summed E-state index contributed by atoms with van der Waals surface area (Å²) in [4.78, 5) is 29.6. The van der Waals surface area contributed by atoms with Crippen LogP contribution in [0.2, 0.25) is 0 Å². The van der Waals surface area contributed by atoms with Crippen molar-refractivity contribution in [1.29, 1.82) is 0 Å². The van der Waals surface area contributed by atoms with Crippen LogP contribution in [-0.2, 0) is 14.3 Å². The molecule has 1 amide bonds. The van der Waals surface area contributed by atoms with E-state index in [9.17, 15) is 9.59 Å². The molecule has 182 valence electrons. The predicted molar refractivity (Wildman–Crippen MR) is 142 cm³/mol. The maximum absolute atomic E-state index is 13.5. The fourth-order valence-corrected chi connectivity index (χ4v) is 3.64. The van der Waals surface area contributed by atoms with E-state index in [0.717, 1.165) is 16.8 Å². The van der Waals surface area contributed by atoms with Crippen LogP contribution in [0.4, 0.5) is 5.69 Å². The van der Waals surface area contributed by atoms with Crippen LogP contribution < -0.4 is 15.5 Å². The van der Waals surface area contributed by atoms with Crippen molar-refractivity contribution in [2.24, 2.45) is 4.99 Å². The zero-order valence-corrected chi connectivity index (χ0v) is 20.5. The third kappa shape index (κ3) is 5.76. The Bertz CT molecular complexity index is 1350. The number of para-hydroxylation sites is 2. The Balaban J connectivity index is 1.63. The number of amides is 1. The van der Waals surface area contributed by atoms with E-state index in [-0.39, 0.29) is 17.4 Å². The van der Waals surface area contributed by atoms with E-state index in [1.165, 1.54) is 12.1 Å². The molecule has 4 rings (SSSR count). The number of ether oxygens (including phenoxy) is 2. The molecule has 0 aromatic heterocycles. The van der Waals surface area contributed by atoms with Crippen molar-refractivity contribution in [2.75, 3.05) is 19.0 Å². The summed E-state index contributed by atoms with van der Waals surface area (Å²) in [6, 6.07) is 24.1. The largest absolute Gasteiger partial charge is 0.481 e. The molecule has 1 aliphatic rings. The van der Waals surface area contributed by atoms with Crippen molar-refractivity contribution in [2.45, 2.75) is 6.92 Å². The second-order valence-corrected chi connectivity index (χ2v) is 8.16. The summed E-state index contributed by atoms with van der Waals surface area (Å²) in [5.41, 5.74) is 6.30. The predicted octanol–water partition coefficient (Wildman–Crippen LogP) is 4.08. The Labute approximate surface area is 214 Å². The second kappa shape index (κ2) is 11.3. The van der Waals surface area contributed by atoms with Crippen molar-refractivity contribution >= 4 is 46.8 Å². The van der Waals surface area contributed by atoms with Gasteiger partial charge in [-0.1, -0.05) is 66.7 Å². The first-order chi connectivity index (χ1) is 17.5. The smallest absolute Gasteiger partial charge is 0.343 e. The number of rotatable bonds is 7. The number of carbonyl (C=O) groups excluding carboxylic acids is 2. The molecular weight excluding hydrogens is 476 g/mol. The lowest BCUT2D eigenvalue weighted by molar-refractivity contribution is -0.142. The van der Waals surface area contributed by atoms with Gasteiger partial charge in [-0.15, -0.1) is 0 Å². The Morgan fingerprint density at radius 1 is 1.03 bits per heavy atom. The van der Waals surface area contributed by atoms with E-state index in [4.69, 9.17) is 17.0 Å². The molecule has 0 saturated heterocycles. The van der Waals surface area contributed by atoms with Crippen molar-refractivity contribution in [3.8, 4) is 5.75 Å². The van der Waals surface area contributed by atoms with Crippen molar-refractivity contribution in [3.63, 3.8) is 0 Å². The minimum Gasteiger partial charge on any atom is -0.481 e. The molecule has 2 N–H and O–H groups in total. The number of nitrogens with zero attached hydrogens (tertiary/aromatic N) is 2. The van der Waals surface area contributed by atoms with Gasteiger partial charge in [-0.2, -0.15) is 5.01 Å². The topological polar surface area (TPSA) is 92.3 Å². The lowest BCUT2D eigenvalue weighted by atomic mass is 10.1. The van der Waals surface area contributed by atoms with Crippen LogP contribution in [0, 0.1) is 6.92 Å². The molecule has 8 nitrogen and oxygen atoms in total. The summed E-state index contributed by atoms with van der Waals surface area (Å²) in [5, 5.41) is 4.68. The van der Waals surface area contributed by atoms with Crippen LogP contribution in [0.15, 0.2) is 89.6 Å². The highest BCUT2D eigenvalue weighted by Gasteiger charge is 2.32.